The largest absolute Gasteiger partial charge is 0.325 e. The third kappa shape index (κ3) is 2.82. The van der Waals surface area contributed by atoms with Gasteiger partial charge in [0.05, 0.1) is 5.69 Å². The summed E-state index contributed by atoms with van der Waals surface area (Å²) in [6.45, 7) is 0. The Labute approximate surface area is 137 Å². The average molecular weight is 333 g/mol. The van der Waals surface area contributed by atoms with Crippen molar-refractivity contribution >= 4 is 46.6 Å². The molecule has 0 fully saturated rings. The molecule has 0 bridgehead atoms. The quantitative estimate of drug-likeness (QED) is 0.857. The van der Waals surface area contributed by atoms with Crippen LogP contribution in [0.3, 0.4) is 0 Å². The molecule has 112 valence electrons. The number of carbonyl (C=O) groups excluding carboxylic acids is 2. The second kappa shape index (κ2) is 6.02. The summed E-state index contributed by atoms with van der Waals surface area (Å²) in [6.07, 6.45) is 0. The summed E-state index contributed by atoms with van der Waals surface area (Å²) in [6, 6.07) is 14.4. The molecule has 2 aromatic rings. The van der Waals surface area contributed by atoms with E-state index < -0.39 is 5.25 Å². The first kappa shape index (κ1) is 14.9. The molecular weight excluding hydrogens is 320 g/mol. The maximum Gasteiger partial charge on any atom is 0.249 e. The van der Waals surface area contributed by atoms with E-state index in [0.717, 1.165) is 10.6 Å². The number of nitrogens with zero attached hydrogens (tertiary/aromatic N) is 1. The number of nitrogens with one attached hydrogen (secondary N) is 1. The number of halogens is 1. The molecule has 1 N–H and O–H groups in total. The zero-order valence-corrected chi connectivity index (χ0v) is 13.3. The van der Waals surface area contributed by atoms with Crippen LogP contribution in [0.15, 0.2) is 53.4 Å². The molecule has 1 aliphatic heterocycles. The fourth-order valence-electron chi connectivity index (χ4n) is 2.25. The molecule has 0 saturated heterocycles. The summed E-state index contributed by atoms with van der Waals surface area (Å²) < 4.78 is 0. The van der Waals surface area contributed by atoms with Crippen LogP contribution in [0.4, 0.5) is 11.4 Å². The van der Waals surface area contributed by atoms with Crippen LogP contribution < -0.4 is 10.2 Å². The predicted octanol–water partition coefficient (Wildman–Crippen LogP) is 3.42. The van der Waals surface area contributed by atoms with E-state index in [-0.39, 0.29) is 11.8 Å². The van der Waals surface area contributed by atoms with Gasteiger partial charge in [-0.1, -0.05) is 29.8 Å². The van der Waals surface area contributed by atoms with Crippen molar-refractivity contribution in [2.24, 2.45) is 0 Å². The number of rotatable bonds is 2. The molecular formula is C16H13ClN2O2S. The van der Waals surface area contributed by atoms with Crippen molar-refractivity contribution in [3.8, 4) is 0 Å². The number of thioether (sulfide) groups is 1. The lowest BCUT2D eigenvalue weighted by Crippen LogP contribution is -2.44. The summed E-state index contributed by atoms with van der Waals surface area (Å²) in [5.74, 6) is -0.582. The van der Waals surface area contributed by atoms with Crippen LogP contribution >= 0.6 is 23.4 Å². The fraction of sp³-hybridized carbons (Fsp3) is 0.125. The Bertz CT molecular complexity index is 750. The lowest BCUT2D eigenvalue weighted by Gasteiger charge is -2.30. The van der Waals surface area contributed by atoms with E-state index in [2.05, 4.69) is 5.32 Å². The van der Waals surface area contributed by atoms with Crippen LogP contribution in [0.1, 0.15) is 0 Å². The topological polar surface area (TPSA) is 49.4 Å². The lowest BCUT2D eigenvalue weighted by molar-refractivity contribution is -0.124. The van der Waals surface area contributed by atoms with Gasteiger partial charge in [-0.2, -0.15) is 0 Å². The Morgan fingerprint density at radius 1 is 1.23 bits per heavy atom. The fourth-order valence-corrected chi connectivity index (χ4v) is 3.60. The van der Waals surface area contributed by atoms with Crippen LogP contribution in [0.2, 0.25) is 5.02 Å². The van der Waals surface area contributed by atoms with Crippen LogP contribution in [0, 0.1) is 0 Å². The summed E-state index contributed by atoms with van der Waals surface area (Å²) in [5.41, 5.74) is 1.40. The number of anilines is 2. The Hall–Kier alpha value is -1.98. The minimum atomic E-state index is -0.807. The van der Waals surface area contributed by atoms with E-state index in [0.29, 0.717) is 10.7 Å². The van der Waals surface area contributed by atoms with Crippen molar-refractivity contribution in [3.63, 3.8) is 0 Å². The molecule has 22 heavy (non-hydrogen) atoms. The van der Waals surface area contributed by atoms with E-state index in [4.69, 9.17) is 11.6 Å². The zero-order valence-electron chi connectivity index (χ0n) is 11.7. The normalized spacial score (nSPS) is 17.1. The zero-order chi connectivity index (χ0) is 15.7. The molecule has 1 aliphatic rings. The van der Waals surface area contributed by atoms with Gasteiger partial charge in [-0.25, -0.2) is 0 Å². The first-order chi connectivity index (χ1) is 10.6. The Balaban J connectivity index is 1.83. The molecule has 3 rings (SSSR count). The summed E-state index contributed by atoms with van der Waals surface area (Å²) in [7, 11) is 1.68. The van der Waals surface area contributed by atoms with Gasteiger partial charge in [0.2, 0.25) is 11.8 Å². The van der Waals surface area contributed by atoms with Gasteiger partial charge in [-0.3, -0.25) is 9.59 Å². The van der Waals surface area contributed by atoms with Gasteiger partial charge in [0.15, 0.2) is 5.25 Å². The average Bonchev–Trinajstić information content (AvgIpc) is 2.51. The van der Waals surface area contributed by atoms with Gasteiger partial charge in [0, 0.05) is 22.7 Å². The molecule has 6 heteroatoms. The monoisotopic (exact) mass is 332 g/mol. The van der Waals surface area contributed by atoms with E-state index in [1.165, 1.54) is 16.7 Å². The minimum Gasteiger partial charge on any atom is -0.325 e. The standard InChI is InChI=1S/C16H13ClN2O2S/c1-19-12-7-2-3-8-13(12)22-14(16(19)21)15(20)18-11-6-4-5-10(17)9-11/h2-9,14H,1H3,(H,18,20). The van der Waals surface area contributed by atoms with E-state index >= 15 is 0 Å². The maximum absolute atomic E-state index is 12.4. The van der Waals surface area contributed by atoms with Crippen LogP contribution in [0.25, 0.3) is 0 Å². The third-order valence-corrected chi connectivity index (χ3v) is 4.84. The Kier molecular flexibility index (Phi) is 4.09. The van der Waals surface area contributed by atoms with Gasteiger partial charge in [0.1, 0.15) is 0 Å². The molecule has 2 amide bonds. The molecule has 0 aliphatic carbocycles. The van der Waals surface area contributed by atoms with Gasteiger partial charge in [-0.05, 0) is 30.3 Å². The first-order valence-electron chi connectivity index (χ1n) is 6.66. The van der Waals surface area contributed by atoms with Crippen LogP contribution in [-0.2, 0) is 9.59 Å². The van der Waals surface area contributed by atoms with Crippen molar-refractivity contribution in [2.45, 2.75) is 10.1 Å². The number of amides is 2. The van der Waals surface area contributed by atoms with Gasteiger partial charge in [-0.15, -0.1) is 11.8 Å². The SMILES string of the molecule is CN1C(=O)C(C(=O)Nc2cccc(Cl)c2)Sc2ccccc21. The van der Waals surface area contributed by atoms with Crippen molar-refractivity contribution in [1.29, 1.82) is 0 Å². The van der Waals surface area contributed by atoms with Crippen molar-refractivity contribution in [2.75, 3.05) is 17.3 Å². The highest BCUT2D eigenvalue weighted by molar-refractivity contribution is 8.01. The van der Waals surface area contributed by atoms with E-state index in [9.17, 15) is 9.59 Å². The number of benzene rings is 2. The molecule has 0 aromatic heterocycles. The van der Waals surface area contributed by atoms with E-state index in [1.807, 2.05) is 24.3 Å². The highest BCUT2D eigenvalue weighted by Crippen LogP contribution is 2.38. The summed E-state index contributed by atoms with van der Waals surface area (Å²) >= 11 is 7.17. The molecule has 0 radical (unpaired) electrons. The molecule has 1 heterocycles. The molecule has 0 saturated carbocycles. The predicted molar refractivity (Wildman–Crippen MR) is 89.6 cm³/mol. The second-order valence-electron chi connectivity index (χ2n) is 4.86. The number of fused-ring (bicyclic) bond motifs is 1. The maximum atomic E-state index is 12.4. The summed E-state index contributed by atoms with van der Waals surface area (Å²) in [4.78, 5) is 27.3. The first-order valence-corrected chi connectivity index (χ1v) is 7.92. The number of hydrogen-bond acceptors (Lipinski definition) is 3. The number of hydrogen-bond donors (Lipinski definition) is 1. The van der Waals surface area contributed by atoms with Gasteiger partial charge in [0.25, 0.3) is 0 Å². The second-order valence-corrected chi connectivity index (χ2v) is 6.45. The highest BCUT2D eigenvalue weighted by Gasteiger charge is 2.36. The van der Waals surface area contributed by atoms with Crippen molar-refractivity contribution in [1.82, 2.24) is 0 Å². The molecule has 2 aromatic carbocycles. The highest BCUT2D eigenvalue weighted by atomic mass is 35.5. The minimum absolute atomic E-state index is 0.233. The summed E-state index contributed by atoms with van der Waals surface area (Å²) in [5, 5.41) is 2.47. The molecule has 0 spiro atoms. The Morgan fingerprint density at radius 3 is 2.77 bits per heavy atom. The van der Waals surface area contributed by atoms with Gasteiger partial charge >= 0.3 is 0 Å². The molecule has 1 unspecified atom stereocenters. The number of para-hydroxylation sites is 1. The van der Waals surface area contributed by atoms with Crippen molar-refractivity contribution in [3.05, 3.63) is 53.6 Å². The molecule has 1 atom stereocenters. The third-order valence-electron chi connectivity index (χ3n) is 3.36. The van der Waals surface area contributed by atoms with Crippen LogP contribution in [0.5, 0.6) is 0 Å². The van der Waals surface area contributed by atoms with Crippen molar-refractivity contribution < 1.29 is 9.59 Å². The molecule has 4 nitrogen and oxygen atoms in total. The smallest absolute Gasteiger partial charge is 0.249 e. The van der Waals surface area contributed by atoms with Crippen LogP contribution in [-0.4, -0.2) is 24.1 Å². The Morgan fingerprint density at radius 2 is 2.00 bits per heavy atom. The number of carbonyl (C=O) groups is 2. The van der Waals surface area contributed by atoms with E-state index in [1.54, 1.807) is 31.3 Å². The lowest BCUT2D eigenvalue weighted by atomic mass is 10.2. The van der Waals surface area contributed by atoms with Gasteiger partial charge < -0.3 is 10.2 Å².